The van der Waals surface area contributed by atoms with Crippen molar-refractivity contribution in [1.82, 2.24) is 20.1 Å². The first-order valence-electron chi connectivity index (χ1n) is 4.35. The summed E-state index contributed by atoms with van der Waals surface area (Å²) >= 11 is 1.44. The van der Waals surface area contributed by atoms with Gasteiger partial charge < -0.3 is 10.4 Å². The molecule has 2 aliphatic heterocycles. The van der Waals surface area contributed by atoms with Gasteiger partial charge >= 0.3 is 6.09 Å². The van der Waals surface area contributed by atoms with Gasteiger partial charge in [-0.3, -0.25) is 9.91 Å². The molecule has 2 heterocycles. The lowest BCUT2D eigenvalue weighted by molar-refractivity contribution is 0.0463. The van der Waals surface area contributed by atoms with Crippen LogP contribution in [-0.2, 0) is 0 Å². The highest BCUT2D eigenvalue weighted by Crippen LogP contribution is 2.15. The van der Waals surface area contributed by atoms with Crippen molar-refractivity contribution in [3.8, 4) is 0 Å². The molecule has 1 atom stereocenters. The maximum atomic E-state index is 10.9. The molecule has 0 radical (unpaired) electrons. The minimum Gasteiger partial charge on any atom is -0.465 e. The van der Waals surface area contributed by atoms with Gasteiger partial charge in [-0.1, -0.05) is 0 Å². The van der Waals surface area contributed by atoms with Crippen LogP contribution in [0.4, 0.5) is 4.79 Å². The van der Waals surface area contributed by atoms with Crippen LogP contribution in [0, 0.1) is 0 Å². The SMILES string of the molecule is O=C(O)N1CCNCC1N1C=CSN1. The lowest BCUT2D eigenvalue weighted by atomic mass is 10.3. The van der Waals surface area contributed by atoms with Gasteiger partial charge in [-0.15, -0.1) is 0 Å². The van der Waals surface area contributed by atoms with E-state index in [2.05, 4.69) is 10.1 Å². The molecule has 0 aromatic rings. The van der Waals surface area contributed by atoms with Gasteiger partial charge in [-0.05, 0) is 11.9 Å². The number of amides is 1. The number of hydrogen-bond acceptors (Lipinski definition) is 5. The lowest BCUT2D eigenvalue weighted by Gasteiger charge is -2.38. The molecule has 2 aliphatic rings. The highest BCUT2D eigenvalue weighted by molar-refractivity contribution is 8.00. The van der Waals surface area contributed by atoms with Crippen LogP contribution in [0.1, 0.15) is 0 Å². The monoisotopic (exact) mass is 216 g/mol. The van der Waals surface area contributed by atoms with Gasteiger partial charge in [-0.2, -0.15) is 4.83 Å². The summed E-state index contributed by atoms with van der Waals surface area (Å²) in [6, 6.07) is 0. The van der Waals surface area contributed by atoms with Gasteiger partial charge in [0, 0.05) is 31.2 Å². The molecule has 0 aromatic heterocycles. The maximum absolute atomic E-state index is 10.9. The van der Waals surface area contributed by atoms with Gasteiger partial charge in [0.1, 0.15) is 6.17 Å². The Bertz CT molecular complexity index is 260. The zero-order valence-corrected chi connectivity index (χ0v) is 8.33. The van der Waals surface area contributed by atoms with Gasteiger partial charge in [0.15, 0.2) is 0 Å². The normalized spacial score (nSPS) is 27.0. The van der Waals surface area contributed by atoms with Crippen molar-refractivity contribution in [2.75, 3.05) is 19.6 Å². The van der Waals surface area contributed by atoms with Crippen molar-refractivity contribution >= 4 is 18.0 Å². The third-order valence-electron chi connectivity index (χ3n) is 2.23. The summed E-state index contributed by atoms with van der Waals surface area (Å²) in [6.45, 7) is 1.88. The van der Waals surface area contributed by atoms with Crippen LogP contribution in [0.3, 0.4) is 0 Å². The second-order valence-electron chi connectivity index (χ2n) is 3.06. The van der Waals surface area contributed by atoms with Crippen LogP contribution in [0.2, 0.25) is 0 Å². The first-order chi connectivity index (χ1) is 6.79. The van der Waals surface area contributed by atoms with E-state index in [1.165, 1.54) is 16.8 Å². The van der Waals surface area contributed by atoms with Crippen LogP contribution < -0.4 is 10.1 Å². The molecule has 6 nitrogen and oxygen atoms in total. The fraction of sp³-hybridized carbons (Fsp3) is 0.571. The summed E-state index contributed by atoms with van der Waals surface area (Å²) < 4.78 is 0. The van der Waals surface area contributed by atoms with E-state index in [0.717, 1.165) is 0 Å². The molecule has 2 rings (SSSR count). The van der Waals surface area contributed by atoms with Crippen LogP contribution in [0.25, 0.3) is 0 Å². The minimum atomic E-state index is -0.872. The predicted octanol–water partition coefficient (Wildman–Crippen LogP) is -0.165. The molecule has 1 fully saturated rings. The first kappa shape index (κ1) is 9.63. The molecule has 0 spiro atoms. The zero-order valence-electron chi connectivity index (χ0n) is 7.51. The van der Waals surface area contributed by atoms with E-state index >= 15 is 0 Å². The molecular weight excluding hydrogens is 204 g/mol. The lowest BCUT2D eigenvalue weighted by Crippen LogP contribution is -2.60. The average molecular weight is 216 g/mol. The van der Waals surface area contributed by atoms with Crippen LogP contribution in [0.15, 0.2) is 11.6 Å². The zero-order chi connectivity index (χ0) is 9.97. The number of hydrogen-bond donors (Lipinski definition) is 3. The largest absolute Gasteiger partial charge is 0.465 e. The standard InChI is InChI=1S/C7H12N4O2S/c12-7(13)10-2-1-8-5-6(10)11-3-4-14-9-11/h3-4,6,8-9H,1-2,5H2,(H,12,13). The van der Waals surface area contributed by atoms with Gasteiger partial charge in [0.05, 0.1) is 0 Å². The van der Waals surface area contributed by atoms with Gasteiger partial charge in [0.25, 0.3) is 0 Å². The average Bonchev–Trinajstić information content (AvgIpc) is 2.70. The van der Waals surface area contributed by atoms with Gasteiger partial charge in [-0.25, -0.2) is 4.79 Å². The summed E-state index contributed by atoms with van der Waals surface area (Å²) in [4.78, 5) is 15.4. The number of piperazine rings is 1. The number of rotatable bonds is 1. The second-order valence-corrected chi connectivity index (χ2v) is 3.75. The molecule has 7 heteroatoms. The number of hydrazine groups is 1. The summed E-state index contributed by atoms with van der Waals surface area (Å²) in [7, 11) is 0. The minimum absolute atomic E-state index is 0.160. The van der Waals surface area contributed by atoms with E-state index in [9.17, 15) is 4.79 Å². The Morgan fingerprint density at radius 3 is 3.14 bits per heavy atom. The molecule has 0 aliphatic carbocycles. The van der Waals surface area contributed by atoms with Crippen molar-refractivity contribution in [3.63, 3.8) is 0 Å². The molecular formula is C7H12N4O2S. The molecule has 1 amide bonds. The highest BCUT2D eigenvalue weighted by atomic mass is 32.2. The van der Waals surface area contributed by atoms with Crippen LogP contribution in [0.5, 0.6) is 0 Å². The van der Waals surface area contributed by atoms with Crippen molar-refractivity contribution in [1.29, 1.82) is 0 Å². The van der Waals surface area contributed by atoms with Gasteiger partial charge in [0.2, 0.25) is 0 Å². The van der Waals surface area contributed by atoms with Crippen molar-refractivity contribution in [2.24, 2.45) is 0 Å². The molecule has 3 N–H and O–H groups in total. The fourth-order valence-electron chi connectivity index (χ4n) is 1.54. The Labute approximate surface area is 86.0 Å². The van der Waals surface area contributed by atoms with Crippen LogP contribution >= 0.6 is 11.9 Å². The first-order valence-corrected chi connectivity index (χ1v) is 5.23. The van der Waals surface area contributed by atoms with Crippen LogP contribution in [-0.4, -0.2) is 46.9 Å². The van der Waals surface area contributed by atoms with Crippen molar-refractivity contribution in [2.45, 2.75) is 6.17 Å². The predicted molar refractivity (Wildman–Crippen MR) is 53.1 cm³/mol. The third-order valence-corrected chi connectivity index (χ3v) is 2.80. The number of carboxylic acid groups (broad SMARTS) is 1. The molecule has 1 saturated heterocycles. The van der Waals surface area contributed by atoms with E-state index < -0.39 is 6.09 Å². The third kappa shape index (κ3) is 1.79. The van der Waals surface area contributed by atoms with E-state index in [-0.39, 0.29) is 6.17 Å². The molecule has 0 aromatic carbocycles. The number of nitrogens with one attached hydrogen (secondary N) is 2. The van der Waals surface area contributed by atoms with Crippen molar-refractivity contribution in [3.05, 3.63) is 11.6 Å². The molecule has 78 valence electrons. The maximum Gasteiger partial charge on any atom is 0.409 e. The summed E-state index contributed by atoms with van der Waals surface area (Å²) in [5.74, 6) is 0. The Kier molecular flexibility index (Phi) is 2.80. The Morgan fingerprint density at radius 1 is 1.64 bits per heavy atom. The number of carbonyl (C=O) groups is 1. The molecule has 1 unspecified atom stereocenters. The molecule has 14 heavy (non-hydrogen) atoms. The van der Waals surface area contributed by atoms with E-state index in [1.807, 2.05) is 11.6 Å². The van der Waals surface area contributed by atoms with E-state index in [1.54, 1.807) is 5.01 Å². The Balaban J connectivity index is 2.05. The fourth-order valence-corrected chi connectivity index (χ4v) is 2.10. The quantitative estimate of drug-likeness (QED) is 0.529. The summed E-state index contributed by atoms with van der Waals surface area (Å²) in [5, 5.41) is 15.8. The summed E-state index contributed by atoms with van der Waals surface area (Å²) in [5.41, 5.74) is 0. The highest BCUT2D eigenvalue weighted by Gasteiger charge is 2.30. The smallest absolute Gasteiger partial charge is 0.409 e. The Hall–Kier alpha value is -0.920. The van der Waals surface area contributed by atoms with E-state index in [0.29, 0.717) is 19.6 Å². The van der Waals surface area contributed by atoms with Crippen molar-refractivity contribution < 1.29 is 9.90 Å². The van der Waals surface area contributed by atoms with E-state index in [4.69, 9.17) is 5.11 Å². The topological polar surface area (TPSA) is 67.8 Å². The second kappa shape index (κ2) is 4.07. The molecule has 0 bridgehead atoms. The Morgan fingerprint density at radius 2 is 2.50 bits per heavy atom. The number of nitrogens with zero attached hydrogens (tertiary/aromatic N) is 2. The summed E-state index contributed by atoms with van der Waals surface area (Å²) in [6.07, 6.45) is 0.814. The molecule has 0 saturated carbocycles.